The lowest BCUT2D eigenvalue weighted by Crippen LogP contribution is -2.19. The molecule has 78 valence electrons. The molecule has 0 aliphatic heterocycles. The normalized spacial score (nSPS) is 12.1. The summed E-state index contributed by atoms with van der Waals surface area (Å²) in [5.74, 6) is 0. The van der Waals surface area contributed by atoms with Gasteiger partial charge >= 0.3 is 0 Å². The SMILES string of the molecule is CCC[SiH2]c1ccc([SiH2]CCC)cc1. The van der Waals surface area contributed by atoms with E-state index in [1.807, 2.05) is 0 Å². The molecule has 14 heavy (non-hydrogen) atoms. The van der Waals surface area contributed by atoms with Crippen LogP contribution in [0.2, 0.25) is 12.1 Å². The van der Waals surface area contributed by atoms with Gasteiger partial charge in [-0.1, -0.05) is 73.4 Å². The fraction of sp³-hybridized carbons (Fsp3) is 0.500. The maximum atomic E-state index is 2.39. The van der Waals surface area contributed by atoms with E-state index in [-0.39, 0.29) is 19.0 Å². The van der Waals surface area contributed by atoms with Crippen molar-refractivity contribution in [3.63, 3.8) is 0 Å². The van der Waals surface area contributed by atoms with Gasteiger partial charge in [0, 0.05) is 0 Å². The summed E-state index contributed by atoms with van der Waals surface area (Å²) in [6.07, 6.45) is 2.72. The van der Waals surface area contributed by atoms with Gasteiger partial charge in [0.05, 0.1) is 19.0 Å². The third kappa shape index (κ3) is 4.24. The highest BCUT2D eigenvalue weighted by Gasteiger charge is 1.95. The molecule has 0 nitrogen and oxygen atoms in total. The van der Waals surface area contributed by atoms with E-state index in [1.54, 1.807) is 10.4 Å². The van der Waals surface area contributed by atoms with Crippen molar-refractivity contribution in [3.8, 4) is 0 Å². The Bertz CT molecular complexity index is 214. The van der Waals surface area contributed by atoms with E-state index >= 15 is 0 Å². The molecule has 1 aromatic rings. The Hall–Kier alpha value is -0.346. The predicted molar refractivity (Wildman–Crippen MR) is 73.0 cm³/mol. The molecule has 0 spiro atoms. The second-order valence-electron chi connectivity index (χ2n) is 4.02. The van der Waals surface area contributed by atoms with Crippen LogP contribution in [-0.2, 0) is 0 Å². The van der Waals surface area contributed by atoms with E-state index in [2.05, 4.69) is 38.1 Å². The third-order valence-electron chi connectivity index (χ3n) is 2.66. The molecule has 0 radical (unpaired) electrons. The standard InChI is InChI=1S/C12H22Si2/c1-3-9-13-11-5-7-12(8-6-11)14-10-4-2/h5-8H,3-4,9-10,13-14H2,1-2H3. The molecule has 1 rings (SSSR count). The Morgan fingerprint density at radius 2 is 1.14 bits per heavy atom. The fourth-order valence-electron chi connectivity index (χ4n) is 1.63. The highest BCUT2D eigenvalue weighted by Crippen LogP contribution is 1.90. The molecule has 0 unspecified atom stereocenters. The largest absolute Gasteiger partial charge is 0.0669 e. The summed E-state index contributed by atoms with van der Waals surface area (Å²) in [7, 11) is 0.138. The molecule has 0 aromatic heterocycles. The van der Waals surface area contributed by atoms with Gasteiger partial charge in [-0.25, -0.2) is 0 Å². The number of hydrogen-bond donors (Lipinski definition) is 0. The Kier molecular flexibility index (Phi) is 5.87. The van der Waals surface area contributed by atoms with Crippen LogP contribution in [0.3, 0.4) is 0 Å². The molecule has 0 heterocycles. The summed E-state index contributed by atoms with van der Waals surface area (Å²) >= 11 is 0. The molecule has 1 aromatic carbocycles. The van der Waals surface area contributed by atoms with Gasteiger partial charge in [0.2, 0.25) is 0 Å². The summed E-state index contributed by atoms with van der Waals surface area (Å²) in [4.78, 5) is 0. The van der Waals surface area contributed by atoms with Crippen molar-refractivity contribution in [2.75, 3.05) is 0 Å². The summed E-state index contributed by atoms with van der Waals surface area (Å²) in [6.45, 7) is 4.57. The van der Waals surface area contributed by atoms with E-state index in [1.165, 1.54) is 24.9 Å². The molecular weight excluding hydrogens is 200 g/mol. The highest BCUT2D eigenvalue weighted by atomic mass is 28.2. The summed E-state index contributed by atoms with van der Waals surface area (Å²) in [6, 6.07) is 12.5. The zero-order valence-electron chi connectivity index (χ0n) is 9.55. The van der Waals surface area contributed by atoms with E-state index in [0.717, 1.165) is 0 Å². The first kappa shape index (κ1) is 11.7. The Labute approximate surface area is 92.8 Å². The van der Waals surface area contributed by atoms with Crippen molar-refractivity contribution in [1.82, 2.24) is 0 Å². The first-order valence-electron chi connectivity index (χ1n) is 5.94. The Balaban J connectivity index is 2.42. The minimum atomic E-state index is 0.0688. The van der Waals surface area contributed by atoms with Crippen LogP contribution in [0.5, 0.6) is 0 Å². The van der Waals surface area contributed by atoms with Crippen LogP contribution in [0.15, 0.2) is 24.3 Å². The summed E-state index contributed by atoms with van der Waals surface area (Å²) < 4.78 is 0. The van der Waals surface area contributed by atoms with Crippen molar-refractivity contribution in [2.24, 2.45) is 0 Å². The average molecular weight is 222 g/mol. The lowest BCUT2D eigenvalue weighted by Gasteiger charge is -2.02. The van der Waals surface area contributed by atoms with Crippen LogP contribution in [0.25, 0.3) is 0 Å². The van der Waals surface area contributed by atoms with E-state index in [4.69, 9.17) is 0 Å². The second-order valence-corrected chi connectivity index (χ2v) is 8.07. The zero-order valence-corrected chi connectivity index (χ0v) is 12.4. The smallest absolute Gasteiger partial charge is 0.0547 e. The Morgan fingerprint density at radius 1 is 0.786 bits per heavy atom. The maximum Gasteiger partial charge on any atom is 0.0547 e. The molecule has 0 aliphatic rings. The molecule has 0 bridgehead atoms. The van der Waals surface area contributed by atoms with Crippen molar-refractivity contribution in [3.05, 3.63) is 24.3 Å². The molecule has 0 atom stereocenters. The topological polar surface area (TPSA) is 0 Å². The highest BCUT2D eigenvalue weighted by molar-refractivity contribution is 6.55. The second kappa shape index (κ2) is 7.01. The van der Waals surface area contributed by atoms with Crippen molar-refractivity contribution < 1.29 is 0 Å². The lowest BCUT2D eigenvalue weighted by atomic mass is 10.4. The molecule has 0 amide bonds. The molecule has 0 fully saturated rings. The lowest BCUT2D eigenvalue weighted by molar-refractivity contribution is 1.08. The maximum absolute atomic E-state index is 2.39. The molecule has 0 saturated carbocycles. The van der Waals surface area contributed by atoms with Crippen LogP contribution < -0.4 is 10.4 Å². The van der Waals surface area contributed by atoms with Gasteiger partial charge in [-0.15, -0.1) is 0 Å². The summed E-state index contributed by atoms with van der Waals surface area (Å²) in [5, 5.41) is 3.31. The fourth-order valence-corrected chi connectivity index (χ4v) is 4.30. The summed E-state index contributed by atoms with van der Waals surface area (Å²) in [5.41, 5.74) is 0. The van der Waals surface area contributed by atoms with E-state index in [9.17, 15) is 0 Å². The minimum Gasteiger partial charge on any atom is -0.0669 e. The monoisotopic (exact) mass is 222 g/mol. The minimum absolute atomic E-state index is 0.0688. The van der Waals surface area contributed by atoms with Gasteiger partial charge in [0.15, 0.2) is 0 Å². The first-order chi connectivity index (χ1) is 6.86. The molecule has 0 N–H and O–H groups in total. The average Bonchev–Trinajstić information content (AvgIpc) is 2.25. The van der Waals surface area contributed by atoms with Crippen LogP contribution in [-0.4, -0.2) is 19.0 Å². The Morgan fingerprint density at radius 3 is 1.43 bits per heavy atom. The molecule has 0 saturated heterocycles. The van der Waals surface area contributed by atoms with Crippen molar-refractivity contribution in [2.45, 2.75) is 38.8 Å². The third-order valence-corrected chi connectivity index (χ3v) is 6.88. The van der Waals surface area contributed by atoms with Crippen LogP contribution in [0.1, 0.15) is 26.7 Å². The van der Waals surface area contributed by atoms with Gasteiger partial charge in [0.25, 0.3) is 0 Å². The quantitative estimate of drug-likeness (QED) is 0.628. The number of hydrogen-bond acceptors (Lipinski definition) is 0. The molecular formula is C12H22Si2. The van der Waals surface area contributed by atoms with Crippen LogP contribution in [0, 0.1) is 0 Å². The van der Waals surface area contributed by atoms with E-state index in [0.29, 0.717) is 0 Å². The first-order valence-corrected chi connectivity index (χ1v) is 9.36. The van der Waals surface area contributed by atoms with E-state index < -0.39 is 0 Å². The van der Waals surface area contributed by atoms with Crippen molar-refractivity contribution in [1.29, 1.82) is 0 Å². The van der Waals surface area contributed by atoms with Gasteiger partial charge in [-0.2, -0.15) is 0 Å². The number of rotatable bonds is 6. The van der Waals surface area contributed by atoms with Crippen molar-refractivity contribution >= 4 is 29.4 Å². The predicted octanol–water partition coefficient (Wildman–Crippen LogP) is 0.931. The van der Waals surface area contributed by atoms with Crippen LogP contribution in [0.4, 0.5) is 0 Å². The van der Waals surface area contributed by atoms with Gasteiger partial charge in [-0.3, -0.25) is 0 Å². The number of benzene rings is 1. The molecule has 2 heteroatoms. The molecule has 0 aliphatic carbocycles. The van der Waals surface area contributed by atoms with Crippen LogP contribution >= 0.6 is 0 Å². The van der Waals surface area contributed by atoms with Gasteiger partial charge < -0.3 is 0 Å². The van der Waals surface area contributed by atoms with Gasteiger partial charge in [-0.05, 0) is 0 Å². The zero-order chi connectivity index (χ0) is 10.2. The van der Waals surface area contributed by atoms with Gasteiger partial charge in [0.1, 0.15) is 0 Å².